The van der Waals surface area contributed by atoms with Gasteiger partial charge in [0.1, 0.15) is 5.75 Å². The number of anilines is 2. The third-order valence-corrected chi connectivity index (χ3v) is 2.26. The Labute approximate surface area is 97.7 Å². The second-order valence-corrected chi connectivity index (χ2v) is 3.63. The van der Waals surface area contributed by atoms with E-state index in [9.17, 15) is 9.90 Å². The molecule has 1 amide bonds. The molecule has 0 aliphatic heterocycles. The highest BCUT2D eigenvalue weighted by Gasteiger charge is 2.09. The molecule has 2 rings (SSSR count). The molecule has 0 spiro atoms. The van der Waals surface area contributed by atoms with Crippen molar-refractivity contribution in [2.24, 2.45) is 7.05 Å². The monoisotopic (exact) mass is 232 g/mol. The molecule has 2 aromatic rings. The van der Waals surface area contributed by atoms with Gasteiger partial charge in [-0.1, -0.05) is 0 Å². The highest BCUT2D eigenvalue weighted by atomic mass is 16.3. The fourth-order valence-corrected chi connectivity index (χ4v) is 1.37. The average molecular weight is 232 g/mol. The van der Waals surface area contributed by atoms with E-state index in [0.29, 0.717) is 11.3 Å². The number of nitrogens with zero attached hydrogens (tertiary/aromatic N) is 2. The second kappa shape index (κ2) is 4.17. The molecule has 0 unspecified atom stereocenters. The lowest BCUT2D eigenvalue weighted by Crippen LogP contribution is -2.11. The standard InChI is InChI=1S/C11H12N4O2/c1-15-6-8(5-13-15)14-11(17)7-2-3-9(12)10(16)4-7/h2-6,16H,12H2,1H3,(H,14,17). The molecule has 1 aromatic carbocycles. The molecule has 0 aliphatic carbocycles. The molecule has 0 aliphatic rings. The van der Waals surface area contributed by atoms with Crippen LogP contribution in [0.15, 0.2) is 30.6 Å². The van der Waals surface area contributed by atoms with Crippen LogP contribution in [0.4, 0.5) is 11.4 Å². The molecule has 0 radical (unpaired) electrons. The smallest absolute Gasteiger partial charge is 0.255 e. The van der Waals surface area contributed by atoms with Gasteiger partial charge < -0.3 is 16.2 Å². The summed E-state index contributed by atoms with van der Waals surface area (Å²) in [5.74, 6) is -0.433. The number of amides is 1. The Kier molecular flexibility index (Phi) is 2.70. The molecule has 0 bridgehead atoms. The van der Waals surface area contributed by atoms with Gasteiger partial charge in [0, 0.05) is 18.8 Å². The van der Waals surface area contributed by atoms with E-state index in [0.717, 1.165) is 0 Å². The molecule has 1 aromatic heterocycles. The zero-order valence-electron chi connectivity index (χ0n) is 9.21. The number of aryl methyl sites for hydroxylation is 1. The van der Waals surface area contributed by atoms with Crippen LogP contribution in [0.1, 0.15) is 10.4 Å². The lowest BCUT2D eigenvalue weighted by Gasteiger charge is -2.04. The van der Waals surface area contributed by atoms with Gasteiger partial charge >= 0.3 is 0 Å². The van der Waals surface area contributed by atoms with Gasteiger partial charge in [-0.25, -0.2) is 0 Å². The summed E-state index contributed by atoms with van der Waals surface area (Å²) in [6, 6.07) is 4.34. The Balaban J connectivity index is 2.17. The number of hydrogen-bond acceptors (Lipinski definition) is 4. The fraction of sp³-hybridized carbons (Fsp3) is 0.0909. The molecule has 6 heteroatoms. The van der Waals surface area contributed by atoms with Crippen LogP contribution in [0, 0.1) is 0 Å². The van der Waals surface area contributed by atoms with Gasteiger partial charge in [0.2, 0.25) is 0 Å². The van der Waals surface area contributed by atoms with Crippen LogP contribution in [0.3, 0.4) is 0 Å². The molecule has 88 valence electrons. The third kappa shape index (κ3) is 2.36. The summed E-state index contributed by atoms with van der Waals surface area (Å²) < 4.78 is 1.58. The molecule has 0 atom stereocenters. The van der Waals surface area contributed by atoms with Gasteiger partial charge in [-0.15, -0.1) is 0 Å². The predicted octanol–water partition coefficient (Wildman–Crippen LogP) is 0.960. The lowest BCUT2D eigenvalue weighted by atomic mass is 10.2. The minimum atomic E-state index is -0.326. The van der Waals surface area contributed by atoms with E-state index in [1.807, 2.05) is 0 Å². The van der Waals surface area contributed by atoms with Crippen molar-refractivity contribution >= 4 is 17.3 Å². The van der Waals surface area contributed by atoms with E-state index in [4.69, 9.17) is 5.73 Å². The van der Waals surface area contributed by atoms with Crippen LogP contribution in [0.25, 0.3) is 0 Å². The zero-order chi connectivity index (χ0) is 12.4. The molecule has 0 fully saturated rings. The fourth-order valence-electron chi connectivity index (χ4n) is 1.37. The summed E-state index contributed by atoms with van der Waals surface area (Å²) in [5, 5.41) is 16.0. The normalized spacial score (nSPS) is 10.2. The van der Waals surface area contributed by atoms with Gasteiger partial charge in [0.25, 0.3) is 5.91 Å². The van der Waals surface area contributed by atoms with Crippen LogP contribution in [0.5, 0.6) is 5.75 Å². The van der Waals surface area contributed by atoms with Gasteiger partial charge in [-0.2, -0.15) is 5.10 Å². The number of nitrogens with two attached hydrogens (primary N) is 1. The Morgan fingerprint density at radius 2 is 2.29 bits per heavy atom. The van der Waals surface area contributed by atoms with Crippen molar-refractivity contribution in [2.75, 3.05) is 11.1 Å². The number of aromatic nitrogens is 2. The van der Waals surface area contributed by atoms with Crippen molar-refractivity contribution in [2.45, 2.75) is 0 Å². The summed E-state index contributed by atoms with van der Waals surface area (Å²) in [4.78, 5) is 11.8. The summed E-state index contributed by atoms with van der Waals surface area (Å²) >= 11 is 0. The average Bonchev–Trinajstić information content (AvgIpc) is 2.68. The van der Waals surface area contributed by atoms with Crippen molar-refractivity contribution in [3.8, 4) is 5.75 Å². The number of nitrogen functional groups attached to an aromatic ring is 1. The first-order chi connectivity index (χ1) is 8.06. The topological polar surface area (TPSA) is 93.2 Å². The Bertz CT molecular complexity index is 562. The number of hydrogen-bond donors (Lipinski definition) is 3. The van der Waals surface area contributed by atoms with Crippen LogP contribution >= 0.6 is 0 Å². The molecule has 4 N–H and O–H groups in total. The number of aromatic hydroxyl groups is 1. The van der Waals surface area contributed by atoms with Crippen LogP contribution in [-0.4, -0.2) is 20.8 Å². The molecule has 6 nitrogen and oxygen atoms in total. The summed E-state index contributed by atoms with van der Waals surface area (Å²) in [6.45, 7) is 0. The SMILES string of the molecule is Cn1cc(NC(=O)c2ccc(N)c(O)c2)cn1. The summed E-state index contributed by atoms with van der Waals surface area (Å²) in [7, 11) is 1.75. The quantitative estimate of drug-likeness (QED) is 0.531. The van der Waals surface area contributed by atoms with Gasteiger partial charge in [0.15, 0.2) is 0 Å². The Hall–Kier alpha value is -2.50. The van der Waals surface area contributed by atoms with E-state index >= 15 is 0 Å². The molecule has 1 heterocycles. The number of phenolic OH excluding ortho intramolecular Hbond substituents is 1. The van der Waals surface area contributed by atoms with E-state index in [1.54, 1.807) is 24.0 Å². The largest absolute Gasteiger partial charge is 0.506 e. The Morgan fingerprint density at radius 3 is 2.88 bits per heavy atom. The van der Waals surface area contributed by atoms with Crippen LogP contribution < -0.4 is 11.1 Å². The van der Waals surface area contributed by atoms with Crippen molar-refractivity contribution in [1.29, 1.82) is 0 Å². The number of nitrogens with one attached hydrogen (secondary N) is 1. The lowest BCUT2D eigenvalue weighted by molar-refractivity contribution is 0.102. The predicted molar refractivity (Wildman–Crippen MR) is 63.7 cm³/mol. The van der Waals surface area contributed by atoms with E-state index < -0.39 is 0 Å². The number of carbonyl (C=O) groups is 1. The maximum Gasteiger partial charge on any atom is 0.255 e. The van der Waals surface area contributed by atoms with Gasteiger partial charge in [-0.3, -0.25) is 9.48 Å². The van der Waals surface area contributed by atoms with Crippen molar-refractivity contribution in [3.63, 3.8) is 0 Å². The van der Waals surface area contributed by atoms with Crippen LogP contribution in [0.2, 0.25) is 0 Å². The van der Waals surface area contributed by atoms with Gasteiger partial charge in [-0.05, 0) is 18.2 Å². The minimum absolute atomic E-state index is 0.108. The molecule has 17 heavy (non-hydrogen) atoms. The zero-order valence-corrected chi connectivity index (χ0v) is 9.21. The molecular formula is C11H12N4O2. The van der Waals surface area contributed by atoms with Crippen molar-refractivity contribution < 1.29 is 9.90 Å². The van der Waals surface area contributed by atoms with Crippen LogP contribution in [-0.2, 0) is 7.05 Å². The molecule has 0 saturated carbocycles. The number of phenols is 1. The van der Waals surface area contributed by atoms with E-state index in [1.165, 1.54) is 18.3 Å². The molecule has 0 saturated heterocycles. The molecular weight excluding hydrogens is 220 g/mol. The Morgan fingerprint density at radius 1 is 1.53 bits per heavy atom. The highest BCUT2D eigenvalue weighted by Crippen LogP contribution is 2.21. The summed E-state index contributed by atoms with van der Waals surface area (Å²) in [5.41, 5.74) is 6.61. The number of rotatable bonds is 2. The maximum absolute atomic E-state index is 11.8. The minimum Gasteiger partial charge on any atom is -0.506 e. The van der Waals surface area contributed by atoms with Crippen molar-refractivity contribution in [3.05, 3.63) is 36.2 Å². The summed E-state index contributed by atoms with van der Waals surface area (Å²) in [6.07, 6.45) is 3.21. The van der Waals surface area contributed by atoms with E-state index in [2.05, 4.69) is 10.4 Å². The first kappa shape index (κ1) is 11.0. The highest BCUT2D eigenvalue weighted by molar-refractivity contribution is 6.04. The van der Waals surface area contributed by atoms with E-state index in [-0.39, 0.29) is 17.3 Å². The third-order valence-electron chi connectivity index (χ3n) is 2.26. The number of carbonyl (C=O) groups excluding carboxylic acids is 1. The first-order valence-corrected chi connectivity index (χ1v) is 4.95. The first-order valence-electron chi connectivity index (χ1n) is 4.95. The second-order valence-electron chi connectivity index (χ2n) is 3.63. The maximum atomic E-state index is 11.8. The number of benzene rings is 1. The van der Waals surface area contributed by atoms with Gasteiger partial charge in [0.05, 0.1) is 17.6 Å². The van der Waals surface area contributed by atoms with Crippen molar-refractivity contribution in [1.82, 2.24) is 9.78 Å².